The molecule has 0 aliphatic rings. The molecule has 0 fully saturated rings. The Labute approximate surface area is 92.1 Å². The summed E-state index contributed by atoms with van der Waals surface area (Å²) in [6, 6.07) is 0. The van der Waals surface area contributed by atoms with Gasteiger partial charge in [-0.05, 0) is 12.8 Å². The van der Waals surface area contributed by atoms with Crippen molar-refractivity contribution in [2.24, 2.45) is 0 Å². The zero-order valence-corrected chi connectivity index (χ0v) is 10.3. The van der Waals surface area contributed by atoms with Crippen LogP contribution in [0.15, 0.2) is 0 Å². The molecule has 15 heavy (non-hydrogen) atoms. The quantitative estimate of drug-likeness (QED) is 0.373. The van der Waals surface area contributed by atoms with Gasteiger partial charge in [0.2, 0.25) is 0 Å². The molecule has 0 spiro atoms. The third-order valence-corrected chi connectivity index (χ3v) is 2.54. The fourth-order valence-corrected chi connectivity index (χ4v) is 1.48. The molecule has 0 aliphatic heterocycles. The van der Waals surface area contributed by atoms with Crippen molar-refractivity contribution in [2.45, 2.75) is 33.1 Å². The maximum Gasteiger partial charge on any atom is 0.266 e. The van der Waals surface area contributed by atoms with Crippen LogP contribution in [0.1, 0.15) is 33.1 Å². The number of hydrogen-bond acceptors (Lipinski definition) is 4. The summed E-state index contributed by atoms with van der Waals surface area (Å²) in [6.07, 6.45) is 2.88. The molecule has 1 N–H and O–H groups in total. The zero-order chi connectivity index (χ0) is 11.7. The van der Waals surface area contributed by atoms with Crippen LogP contribution in [0.4, 0.5) is 0 Å². The van der Waals surface area contributed by atoms with E-state index in [0.29, 0.717) is 13.2 Å². The summed E-state index contributed by atoms with van der Waals surface area (Å²) in [5, 5.41) is 1.60. The van der Waals surface area contributed by atoms with Crippen LogP contribution in [0, 0.1) is 0 Å². The van der Waals surface area contributed by atoms with E-state index in [1.54, 1.807) is 5.06 Å². The van der Waals surface area contributed by atoms with Gasteiger partial charge in [0, 0.05) is 13.1 Å². The molecule has 0 unspecified atom stereocenters. The van der Waals surface area contributed by atoms with Crippen molar-refractivity contribution in [1.29, 1.82) is 0 Å². The summed E-state index contributed by atoms with van der Waals surface area (Å²) < 4.78 is 29.7. The van der Waals surface area contributed by atoms with Gasteiger partial charge in [-0.15, -0.1) is 0 Å². The van der Waals surface area contributed by atoms with Gasteiger partial charge in [0.15, 0.2) is 0 Å². The maximum absolute atomic E-state index is 10.5. The molecule has 0 heterocycles. The van der Waals surface area contributed by atoms with Crippen molar-refractivity contribution in [2.75, 3.05) is 25.4 Å². The van der Waals surface area contributed by atoms with Gasteiger partial charge in [0.25, 0.3) is 10.1 Å². The fraction of sp³-hybridized carbons (Fsp3) is 1.00. The lowest BCUT2D eigenvalue weighted by atomic mass is 10.4. The van der Waals surface area contributed by atoms with E-state index < -0.39 is 10.1 Å². The highest BCUT2D eigenvalue weighted by Crippen LogP contribution is 1.97. The fourth-order valence-electron chi connectivity index (χ4n) is 1.05. The van der Waals surface area contributed by atoms with E-state index in [-0.39, 0.29) is 12.3 Å². The van der Waals surface area contributed by atoms with Crippen LogP contribution in [-0.2, 0) is 15.0 Å². The standard InChI is InChI=1S/C9H21NO4S/c1-3-5-8-14-10(6-4-2)7-9-15(11,12)13/h3-9H2,1-2H3,(H,11,12,13). The van der Waals surface area contributed by atoms with Gasteiger partial charge in [-0.1, -0.05) is 20.3 Å². The largest absolute Gasteiger partial charge is 0.299 e. The van der Waals surface area contributed by atoms with Gasteiger partial charge >= 0.3 is 0 Å². The Morgan fingerprint density at radius 2 is 1.87 bits per heavy atom. The molecule has 0 aromatic heterocycles. The zero-order valence-electron chi connectivity index (χ0n) is 9.48. The molecular weight excluding hydrogens is 218 g/mol. The third kappa shape index (κ3) is 10.1. The molecule has 0 amide bonds. The van der Waals surface area contributed by atoms with Crippen LogP contribution in [0.5, 0.6) is 0 Å². The second-order valence-corrected chi connectivity index (χ2v) is 4.97. The Kier molecular flexibility index (Phi) is 7.95. The Bertz CT molecular complexity index is 240. The minimum absolute atomic E-state index is 0.219. The molecule has 6 heteroatoms. The molecule has 0 rings (SSSR count). The monoisotopic (exact) mass is 239 g/mol. The summed E-state index contributed by atoms with van der Waals surface area (Å²) in [5.41, 5.74) is 0. The molecule has 0 saturated carbocycles. The predicted molar refractivity (Wildman–Crippen MR) is 59.1 cm³/mol. The third-order valence-electron chi connectivity index (χ3n) is 1.84. The summed E-state index contributed by atoms with van der Waals surface area (Å²) >= 11 is 0. The van der Waals surface area contributed by atoms with Crippen molar-refractivity contribution in [3.8, 4) is 0 Å². The van der Waals surface area contributed by atoms with E-state index in [0.717, 1.165) is 19.3 Å². The van der Waals surface area contributed by atoms with Crippen molar-refractivity contribution in [1.82, 2.24) is 5.06 Å². The molecule has 5 nitrogen and oxygen atoms in total. The lowest BCUT2D eigenvalue weighted by molar-refractivity contribution is -0.156. The maximum atomic E-state index is 10.5. The van der Waals surface area contributed by atoms with E-state index in [9.17, 15) is 8.42 Å². The highest BCUT2D eigenvalue weighted by atomic mass is 32.2. The minimum atomic E-state index is -3.89. The topological polar surface area (TPSA) is 66.8 Å². The van der Waals surface area contributed by atoms with E-state index in [4.69, 9.17) is 9.39 Å². The van der Waals surface area contributed by atoms with E-state index in [1.807, 2.05) is 6.92 Å². The number of hydrogen-bond donors (Lipinski definition) is 1. The first kappa shape index (κ1) is 14.8. The van der Waals surface area contributed by atoms with Gasteiger partial charge in [-0.2, -0.15) is 13.5 Å². The number of hydroxylamine groups is 2. The molecular formula is C9H21NO4S. The van der Waals surface area contributed by atoms with Crippen molar-refractivity contribution in [3.05, 3.63) is 0 Å². The Morgan fingerprint density at radius 3 is 2.33 bits per heavy atom. The average Bonchev–Trinajstić information content (AvgIpc) is 2.13. The van der Waals surface area contributed by atoms with Crippen LogP contribution in [0.2, 0.25) is 0 Å². The Morgan fingerprint density at radius 1 is 1.20 bits per heavy atom. The highest BCUT2D eigenvalue weighted by Gasteiger charge is 2.10. The molecule has 92 valence electrons. The van der Waals surface area contributed by atoms with Gasteiger partial charge in [-0.25, -0.2) is 0 Å². The first-order chi connectivity index (χ1) is 6.99. The normalized spacial score (nSPS) is 12.3. The van der Waals surface area contributed by atoms with Gasteiger partial charge in [-0.3, -0.25) is 9.39 Å². The van der Waals surface area contributed by atoms with Crippen LogP contribution in [0.3, 0.4) is 0 Å². The van der Waals surface area contributed by atoms with Crippen LogP contribution in [-0.4, -0.2) is 43.5 Å². The lowest BCUT2D eigenvalue weighted by Gasteiger charge is -2.20. The van der Waals surface area contributed by atoms with E-state index in [2.05, 4.69) is 6.92 Å². The van der Waals surface area contributed by atoms with E-state index in [1.165, 1.54) is 0 Å². The van der Waals surface area contributed by atoms with Crippen LogP contribution < -0.4 is 0 Å². The highest BCUT2D eigenvalue weighted by molar-refractivity contribution is 7.85. The minimum Gasteiger partial charge on any atom is -0.299 e. The van der Waals surface area contributed by atoms with E-state index >= 15 is 0 Å². The van der Waals surface area contributed by atoms with Gasteiger partial charge in [0.1, 0.15) is 0 Å². The van der Waals surface area contributed by atoms with Crippen molar-refractivity contribution >= 4 is 10.1 Å². The van der Waals surface area contributed by atoms with Crippen molar-refractivity contribution in [3.63, 3.8) is 0 Å². The molecule has 0 bridgehead atoms. The number of nitrogens with zero attached hydrogens (tertiary/aromatic N) is 1. The first-order valence-electron chi connectivity index (χ1n) is 5.32. The first-order valence-corrected chi connectivity index (χ1v) is 6.93. The summed E-state index contributed by atoms with van der Waals surface area (Å²) in [6.45, 7) is 5.55. The Balaban J connectivity index is 3.82. The Hall–Kier alpha value is -0.170. The van der Waals surface area contributed by atoms with Gasteiger partial charge < -0.3 is 0 Å². The van der Waals surface area contributed by atoms with Gasteiger partial charge in [0.05, 0.1) is 12.4 Å². The molecule has 0 saturated heterocycles. The molecule has 0 aromatic carbocycles. The summed E-state index contributed by atoms with van der Waals surface area (Å²) in [5.74, 6) is -0.279. The molecule has 0 radical (unpaired) electrons. The SMILES string of the molecule is CCCCON(CCC)CCS(=O)(=O)O. The molecule has 0 aromatic rings. The second-order valence-electron chi connectivity index (χ2n) is 3.40. The molecule has 0 atom stereocenters. The predicted octanol–water partition coefficient (Wildman–Crippen LogP) is 1.32. The number of rotatable bonds is 9. The van der Waals surface area contributed by atoms with Crippen LogP contribution >= 0.6 is 0 Å². The summed E-state index contributed by atoms with van der Waals surface area (Å²) in [7, 11) is -3.89. The summed E-state index contributed by atoms with van der Waals surface area (Å²) in [4.78, 5) is 5.38. The smallest absolute Gasteiger partial charge is 0.266 e. The lowest BCUT2D eigenvalue weighted by Crippen LogP contribution is -2.30. The average molecular weight is 239 g/mol. The number of unbranched alkanes of at least 4 members (excludes halogenated alkanes) is 1. The second kappa shape index (κ2) is 8.04. The van der Waals surface area contributed by atoms with Crippen molar-refractivity contribution < 1.29 is 17.8 Å². The molecule has 0 aliphatic carbocycles. The van der Waals surface area contributed by atoms with Crippen LogP contribution in [0.25, 0.3) is 0 Å².